The van der Waals surface area contributed by atoms with Crippen molar-refractivity contribution in [2.75, 3.05) is 42.3 Å². The number of halogens is 1. The van der Waals surface area contributed by atoms with Crippen molar-refractivity contribution in [2.24, 2.45) is 0 Å². The van der Waals surface area contributed by atoms with E-state index < -0.39 is 0 Å². The van der Waals surface area contributed by atoms with Crippen LogP contribution in [0.5, 0.6) is 0 Å². The van der Waals surface area contributed by atoms with E-state index in [1.807, 2.05) is 13.8 Å². The maximum atomic E-state index is 14.9. The van der Waals surface area contributed by atoms with Crippen molar-refractivity contribution in [2.45, 2.75) is 46.1 Å². The topological polar surface area (TPSA) is 76.3 Å². The quantitative estimate of drug-likeness (QED) is 0.589. The predicted octanol–water partition coefficient (Wildman–Crippen LogP) is 4.47. The van der Waals surface area contributed by atoms with E-state index in [-0.39, 0.29) is 11.9 Å². The van der Waals surface area contributed by atoms with Crippen LogP contribution in [0.1, 0.15) is 47.5 Å². The monoisotopic (exact) mass is 435 g/mol. The van der Waals surface area contributed by atoms with Crippen molar-refractivity contribution < 1.29 is 9.13 Å². The number of nitrogen functional groups attached to an aromatic ring is 1. The molecule has 7 heteroatoms. The number of ether oxygens (including phenoxy) is 1. The van der Waals surface area contributed by atoms with Crippen molar-refractivity contribution in [1.29, 1.82) is 0 Å². The van der Waals surface area contributed by atoms with E-state index in [2.05, 4.69) is 16.3 Å². The summed E-state index contributed by atoms with van der Waals surface area (Å²) in [4.78, 5) is 12.0. The van der Waals surface area contributed by atoms with E-state index in [0.717, 1.165) is 62.3 Å². The van der Waals surface area contributed by atoms with Gasteiger partial charge in [0.2, 0.25) is 0 Å². The molecule has 2 aliphatic rings. The minimum atomic E-state index is -0.296. The molecule has 32 heavy (non-hydrogen) atoms. The van der Waals surface area contributed by atoms with Gasteiger partial charge in [-0.05, 0) is 74.9 Å². The van der Waals surface area contributed by atoms with E-state index in [9.17, 15) is 4.39 Å². The predicted molar refractivity (Wildman–Crippen MR) is 127 cm³/mol. The highest BCUT2D eigenvalue weighted by molar-refractivity contribution is 5.96. The van der Waals surface area contributed by atoms with Gasteiger partial charge in [-0.15, -0.1) is 0 Å². The third kappa shape index (κ3) is 3.64. The fourth-order valence-corrected chi connectivity index (χ4v) is 5.08. The number of rotatable bonds is 4. The minimum Gasteiger partial charge on any atom is -0.399 e. The van der Waals surface area contributed by atoms with E-state index in [0.29, 0.717) is 22.6 Å². The summed E-state index contributed by atoms with van der Waals surface area (Å²) in [5, 5.41) is 4.46. The number of aryl methyl sites for hydroxylation is 3. The van der Waals surface area contributed by atoms with Crippen molar-refractivity contribution >= 4 is 28.1 Å². The van der Waals surface area contributed by atoms with Gasteiger partial charge in [0.1, 0.15) is 17.5 Å². The van der Waals surface area contributed by atoms with Gasteiger partial charge in [-0.25, -0.2) is 14.4 Å². The summed E-state index contributed by atoms with van der Waals surface area (Å²) in [6.45, 7) is 8.86. The molecular weight excluding hydrogens is 405 g/mol. The van der Waals surface area contributed by atoms with E-state index in [1.165, 1.54) is 16.8 Å². The Bertz CT molecular complexity index is 1190. The fraction of sp³-hybridized carbons (Fsp3) is 0.440. The second-order valence-electron chi connectivity index (χ2n) is 8.93. The molecule has 5 rings (SSSR count). The van der Waals surface area contributed by atoms with Gasteiger partial charge < -0.3 is 20.7 Å². The molecule has 1 atom stereocenters. The number of nitrogens with two attached hydrogens (primary N) is 1. The molecule has 1 unspecified atom stereocenters. The van der Waals surface area contributed by atoms with Crippen LogP contribution in [0.15, 0.2) is 18.2 Å². The number of hydrogen-bond acceptors (Lipinski definition) is 6. The molecule has 0 amide bonds. The summed E-state index contributed by atoms with van der Waals surface area (Å²) in [5.74, 6) is 1.22. The van der Waals surface area contributed by atoms with Crippen LogP contribution in [0, 0.1) is 19.7 Å². The molecule has 168 valence electrons. The van der Waals surface area contributed by atoms with Crippen LogP contribution in [0.2, 0.25) is 0 Å². The summed E-state index contributed by atoms with van der Waals surface area (Å²) in [6, 6.07) is 5.29. The Kier molecular flexibility index (Phi) is 5.37. The molecule has 1 aromatic heterocycles. The van der Waals surface area contributed by atoms with Crippen LogP contribution >= 0.6 is 0 Å². The third-order valence-corrected chi connectivity index (χ3v) is 6.63. The van der Waals surface area contributed by atoms with Crippen LogP contribution in [-0.4, -0.2) is 36.3 Å². The summed E-state index contributed by atoms with van der Waals surface area (Å²) in [6.07, 6.45) is 3.24. The maximum absolute atomic E-state index is 14.9. The van der Waals surface area contributed by atoms with Crippen LogP contribution in [0.3, 0.4) is 0 Å². The number of fused-ring (bicyclic) bond motifs is 3. The average molecular weight is 436 g/mol. The molecule has 1 aliphatic carbocycles. The smallest absolute Gasteiger partial charge is 0.138 e. The molecule has 0 radical (unpaired) electrons. The molecule has 3 N–H and O–H groups in total. The Morgan fingerprint density at radius 3 is 2.62 bits per heavy atom. The van der Waals surface area contributed by atoms with Gasteiger partial charge in [-0.2, -0.15) is 0 Å². The first kappa shape index (κ1) is 20.9. The van der Waals surface area contributed by atoms with Crippen LogP contribution < -0.4 is 16.0 Å². The lowest BCUT2D eigenvalue weighted by Gasteiger charge is -2.31. The molecule has 2 aromatic carbocycles. The molecule has 2 heterocycles. The lowest BCUT2D eigenvalue weighted by atomic mass is 10.0. The number of benzene rings is 2. The first-order chi connectivity index (χ1) is 15.4. The molecule has 0 spiro atoms. The Labute approximate surface area is 188 Å². The van der Waals surface area contributed by atoms with Gasteiger partial charge in [-0.3, -0.25) is 0 Å². The van der Waals surface area contributed by atoms with E-state index >= 15 is 0 Å². The third-order valence-electron chi connectivity index (χ3n) is 6.63. The summed E-state index contributed by atoms with van der Waals surface area (Å²) in [5.41, 5.74) is 12.7. The Hall–Kier alpha value is -2.93. The molecule has 0 saturated carbocycles. The van der Waals surface area contributed by atoms with Crippen molar-refractivity contribution in [3.63, 3.8) is 0 Å². The number of nitrogens with one attached hydrogen (secondary N) is 1. The second-order valence-corrected chi connectivity index (χ2v) is 8.93. The first-order valence-corrected chi connectivity index (χ1v) is 11.4. The van der Waals surface area contributed by atoms with Gasteiger partial charge in [0, 0.05) is 35.4 Å². The SMILES string of the molecule is Cc1nc(NC(C)c2cc(N)cc(C)c2F)c2cc(N3CCOCC3)c3c(c2n1)CCC3. The molecule has 1 aliphatic heterocycles. The Balaban J connectivity index is 1.62. The lowest BCUT2D eigenvalue weighted by Crippen LogP contribution is -2.36. The average Bonchev–Trinajstić information content (AvgIpc) is 3.26. The van der Waals surface area contributed by atoms with Gasteiger partial charge in [0.25, 0.3) is 0 Å². The Morgan fingerprint density at radius 2 is 1.84 bits per heavy atom. The molecule has 6 nitrogen and oxygen atoms in total. The zero-order chi connectivity index (χ0) is 22.4. The highest BCUT2D eigenvalue weighted by atomic mass is 19.1. The Morgan fingerprint density at radius 1 is 1.09 bits per heavy atom. The molecule has 0 bridgehead atoms. The standard InChI is InChI=1S/C25H30FN5O/c1-14-11-17(27)12-20(23(14)26)15(2)28-25-21-13-22(31-7-9-32-10-8-31)18-5-4-6-19(18)24(21)29-16(3)30-25/h11-13,15H,4-10,27H2,1-3H3,(H,28,29,30). The van der Waals surface area contributed by atoms with Crippen LogP contribution in [-0.2, 0) is 17.6 Å². The molecule has 1 saturated heterocycles. The lowest BCUT2D eigenvalue weighted by molar-refractivity contribution is 0.122. The largest absolute Gasteiger partial charge is 0.399 e. The summed E-state index contributed by atoms with van der Waals surface area (Å²) < 4.78 is 20.4. The maximum Gasteiger partial charge on any atom is 0.138 e. The minimum absolute atomic E-state index is 0.232. The number of aromatic nitrogens is 2. The highest BCUT2D eigenvalue weighted by Gasteiger charge is 2.26. The zero-order valence-electron chi connectivity index (χ0n) is 19.0. The first-order valence-electron chi connectivity index (χ1n) is 11.4. The highest BCUT2D eigenvalue weighted by Crippen LogP contribution is 2.40. The van der Waals surface area contributed by atoms with Crippen LogP contribution in [0.25, 0.3) is 10.9 Å². The van der Waals surface area contributed by atoms with Crippen LogP contribution in [0.4, 0.5) is 21.6 Å². The zero-order valence-corrected chi connectivity index (χ0v) is 19.0. The molecular formula is C25H30FN5O. The number of nitrogens with zero attached hydrogens (tertiary/aromatic N) is 3. The van der Waals surface area contributed by atoms with Gasteiger partial charge >= 0.3 is 0 Å². The number of hydrogen-bond donors (Lipinski definition) is 2. The van der Waals surface area contributed by atoms with Crippen molar-refractivity contribution in [3.05, 3.63) is 52.1 Å². The summed E-state index contributed by atoms with van der Waals surface area (Å²) >= 11 is 0. The number of anilines is 3. The van der Waals surface area contributed by atoms with E-state index in [1.54, 1.807) is 19.1 Å². The number of morpholine rings is 1. The van der Waals surface area contributed by atoms with E-state index in [4.69, 9.17) is 20.4 Å². The van der Waals surface area contributed by atoms with Crippen molar-refractivity contribution in [3.8, 4) is 0 Å². The second kappa shape index (κ2) is 8.20. The van der Waals surface area contributed by atoms with Gasteiger partial charge in [0.15, 0.2) is 0 Å². The van der Waals surface area contributed by atoms with Gasteiger partial charge in [-0.1, -0.05) is 0 Å². The summed E-state index contributed by atoms with van der Waals surface area (Å²) in [7, 11) is 0. The normalized spacial score (nSPS) is 16.9. The molecule has 1 fully saturated rings. The van der Waals surface area contributed by atoms with Crippen molar-refractivity contribution in [1.82, 2.24) is 9.97 Å². The van der Waals surface area contributed by atoms with Gasteiger partial charge in [0.05, 0.1) is 24.8 Å². The fourth-order valence-electron chi connectivity index (χ4n) is 5.08. The molecule has 3 aromatic rings.